The van der Waals surface area contributed by atoms with Gasteiger partial charge in [0.25, 0.3) is 5.91 Å². The molecule has 7 nitrogen and oxygen atoms in total. The molecular weight excluding hydrogens is 338 g/mol. The number of hydrogen-bond donors (Lipinski definition) is 1. The molecule has 1 amide bonds. The summed E-state index contributed by atoms with van der Waals surface area (Å²) in [5.74, 6) is -0.0892. The van der Waals surface area contributed by atoms with Gasteiger partial charge in [-0.1, -0.05) is 12.1 Å². The number of nitrogens with one attached hydrogen (secondary N) is 1. The fourth-order valence-electron chi connectivity index (χ4n) is 2.36. The lowest BCUT2D eigenvalue weighted by Crippen LogP contribution is -2.21. The van der Waals surface area contributed by atoms with Crippen molar-refractivity contribution in [3.63, 3.8) is 0 Å². The number of rotatable bonds is 7. The monoisotopic (exact) mass is 359 g/mol. The standard InChI is InChI=1S/C19H21NO6/c1-12-8-9-14(23-2)13(10-12)20-17(21)11-26-19(22)18-15(24-3)6-5-7-16(18)25-4/h5-10H,11H2,1-4H3,(H,20,21). The van der Waals surface area contributed by atoms with Crippen LogP contribution in [0.25, 0.3) is 0 Å². The molecule has 0 aliphatic carbocycles. The fraction of sp³-hybridized carbons (Fsp3) is 0.263. The second-order valence-corrected chi connectivity index (χ2v) is 5.37. The van der Waals surface area contributed by atoms with Crippen LogP contribution in [0, 0.1) is 6.92 Å². The zero-order chi connectivity index (χ0) is 19.1. The molecule has 2 aromatic rings. The van der Waals surface area contributed by atoms with Crippen LogP contribution in [0.1, 0.15) is 15.9 Å². The van der Waals surface area contributed by atoms with Crippen LogP contribution >= 0.6 is 0 Å². The minimum absolute atomic E-state index is 0.124. The van der Waals surface area contributed by atoms with Gasteiger partial charge in [-0.25, -0.2) is 4.79 Å². The number of benzene rings is 2. The maximum absolute atomic E-state index is 12.4. The Hall–Kier alpha value is -3.22. The summed E-state index contributed by atoms with van der Waals surface area (Å²) in [5, 5.41) is 2.66. The Labute approximate surface area is 151 Å². The molecule has 2 rings (SSSR count). The molecule has 7 heteroatoms. The Morgan fingerprint density at radius 2 is 1.54 bits per heavy atom. The van der Waals surface area contributed by atoms with E-state index < -0.39 is 18.5 Å². The highest BCUT2D eigenvalue weighted by molar-refractivity contribution is 5.99. The van der Waals surface area contributed by atoms with Gasteiger partial charge in [-0.3, -0.25) is 4.79 Å². The maximum atomic E-state index is 12.4. The molecule has 2 aromatic carbocycles. The zero-order valence-electron chi connectivity index (χ0n) is 15.1. The van der Waals surface area contributed by atoms with Crippen molar-refractivity contribution in [2.75, 3.05) is 33.3 Å². The lowest BCUT2D eigenvalue weighted by atomic mass is 10.2. The van der Waals surface area contributed by atoms with Gasteiger partial charge in [0, 0.05) is 0 Å². The molecular formula is C19H21NO6. The summed E-state index contributed by atoms with van der Waals surface area (Å²) in [5.41, 5.74) is 1.58. The molecule has 0 atom stereocenters. The van der Waals surface area contributed by atoms with E-state index >= 15 is 0 Å². The van der Waals surface area contributed by atoms with Crippen LogP contribution in [0.3, 0.4) is 0 Å². The summed E-state index contributed by atoms with van der Waals surface area (Å²) in [4.78, 5) is 24.5. The second kappa shape index (κ2) is 8.75. The van der Waals surface area contributed by atoms with Crippen molar-refractivity contribution in [2.24, 2.45) is 0 Å². The van der Waals surface area contributed by atoms with Gasteiger partial charge in [-0.05, 0) is 36.8 Å². The highest BCUT2D eigenvalue weighted by Crippen LogP contribution is 2.29. The number of carbonyl (C=O) groups is 2. The van der Waals surface area contributed by atoms with E-state index in [0.717, 1.165) is 5.56 Å². The number of aryl methyl sites for hydroxylation is 1. The largest absolute Gasteiger partial charge is 0.496 e. The lowest BCUT2D eigenvalue weighted by Gasteiger charge is -2.13. The van der Waals surface area contributed by atoms with E-state index in [1.165, 1.54) is 21.3 Å². The van der Waals surface area contributed by atoms with E-state index in [1.54, 1.807) is 30.3 Å². The quantitative estimate of drug-likeness (QED) is 0.766. The minimum atomic E-state index is -0.717. The van der Waals surface area contributed by atoms with Crippen LogP contribution in [0.4, 0.5) is 5.69 Å². The first-order valence-electron chi connectivity index (χ1n) is 7.82. The van der Waals surface area contributed by atoms with Crippen LogP contribution in [0.5, 0.6) is 17.2 Å². The number of ether oxygens (including phenoxy) is 4. The third-order valence-electron chi connectivity index (χ3n) is 3.60. The van der Waals surface area contributed by atoms with Gasteiger partial charge < -0.3 is 24.3 Å². The second-order valence-electron chi connectivity index (χ2n) is 5.37. The lowest BCUT2D eigenvalue weighted by molar-refractivity contribution is -0.119. The van der Waals surface area contributed by atoms with E-state index in [2.05, 4.69) is 5.32 Å². The van der Waals surface area contributed by atoms with Crippen LogP contribution in [0.2, 0.25) is 0 Å². The van der Waals surface area contributed by atoms with Crippen molar-refractivity contribution in [3.05, 3.63) is 47.5 Å². The summed E-state index contributed by atoms with van der Waals surface area (Å²) in [6.45, 7) is 1.43. The molecule has 0 spiro atoms. The van der Waals surface area contributed by atoms with E-state index in [4.69, 9.17) is 18.9 Å². The summed E-state index contributed by atoms with van der Waals surface area (Å²) >= 11 is 0. The van der Waals surface area contributed by atoms with E-state index in [1.807, 2.05) is 13.0 Å². The molecule has 0 bridgehead atoms. The predicted molar refractivity (Wildman–Crippen MR) is 96.2 cm³/mol. The van der Waals surface area contributed by atoms with Crippen LogP contribution in [-0.2, 0) is 9.53 Å². The van der Waals surface area contributed by atoms with Crippen molar-refractivity contribution < 1.29 is 28.5 Å². The molecule has 0 saturated carbocycles. The minimum Gasteiger partial charge on any atom is -0.496 e. The highest BCUT2D eigenvalue weighted by Gasteiger charge is 2.21. The normalized spacial score (nSPS) is 10.0. The van der Waals surface area contributed by atoms with Crippen LogP contribution in [-0.4, -0.2) is 39.8 Å². The van der Waals surface area contributed by atoms with Crippen LogP contribution in [0.15, 0.2) is 36.4 Å². The first-order chi connectivity index (χ1) is 12.5. The number of hydrogen-bond acceptors (Lipinski definition) is 6. The third kappa shape index (κ3) is 4.44. The molecule has 0 aromatic heterocycles. The van der Waals surface area contributed by atoms with Crippen molar-refractivity contribution >= 4 is 17.6 Å². The van der Waals surface area contributed by atoms with Crippen molar-refractivity contribution in [2.45, 2.75) is 6.92 Å². The van der Waals surface area contributed by atoms with Crippen LogP contribution < -0.4 is 19.5 Å². The molecule has 0 saturated heterocycles. The summed E-state index contributed by atoms with van der Waals surface area (Å²) < 4.78 is 20.6. The fourth-order valence-corrected chi connectivity index (χ4v) is 2.36. The van der Waals surface area contributed by atoms with Gasteiger partial charge in [0.15, 0.2) is 6.61 Å². The number of amides is 1. The maximum Gasteiger partial charge on any atom is 0.346 e. The molecule has 138 valence electrons. The van der Waals surface area contributed by atoms with Crippen molar-refractivity contribution in [3.8, 4) is 17.2 Å². The van der Waals surface area contributed by atoms with E-state index in [0.29, 0.717) is 22.9 Å². The Morgan fingerprint density at radius 1 is 0.923 bits per heavy atom. The Kier molecular flexibility index (Phi) is 6.43. The predicted octanol–water partition coefficient (Wildman–Crippen LogP) is 2.82. The molecule has 0 heterocycles. The third-order valence-corrected chi connectivity index (χ3v) is 3.60. The summed E-state index contributed by atoms with van der Waals surface area (Å²) in [6.07, 6.45) is 0. The molecule has 26 heavy (non-hydrogen) atoms. The smallest absolute Gasteiger partial charge is 0.346 e. The molecule has 0 unspecified atom stereocenters. The Balaban J connectivity index is 2.06. The Bertz CT molecular complexity index is 780. The van der Waals surface area contributed by atoms with Crippen molar-refractivity contribution in [1.29, 1.82) is 0 Å². The van der Waals surface area contributed by atoms with Gasteiger partial charge in [-0.15, -0.1) is 0 Å². The summed E-state index contributed by atoms with van der Waals surface area (Å²) in [7, 11) is 4.37. The number of anilines is 1. The molecule has 0 aliphatic rings. The van der Waals surface area contributed by atoms with Gasteiger partial charge in [-0.2, -0.15) is 0 Å². The van der Waals surface area contributed by atoms with Gasteiger partial charge >= 0.3 is 5.97 Å². The molecule has 0 radical (unpaired) electrons. The first-order valence-corrected chi connectivity index (χ1v) is 7.82. The average Bonchev–Trinajstić information content (AvgIpc) is 2.65. The Morgan fingerprint density at radius 3 is 2.12 bits per heavy atom. The van der Waals surface area contributed by atoms with Gasteiger partial charge in [0.05, 0.1) is 27.0 Å². The molecule has 1 N–H and O–H groups in total. The average molecular weight is 359 g/mol. The number of carbonyl (C=O) groups excluding carboxylic acids is 2. The van der Waals surface area contributed by atoms with E-state index in [9.17, 15) is 9.59 Å². The summed E-state index contributed by atoms with van der Waals surface area (Å²) in [6, 6.07) is 10.3. The molecule has 0 fully saturated rings. The number of esters is 1. The first kappa shape index (κ1) is 19.1. The van der Waals surface area contributed by atoms with Gasteiger partial charge in [0.2, 0.25) is 0 Å². The SMILES string of the molecule is COc1ccc(C)cc1NC(=O)COC(=O)c1c(OC)cccc1OC. The number of methoxy groups -OCH3 is 3. The van der Waals surface area contributed by atoms with Crippen molar-refractivity contribution in [1.82, 2.24) is 0 Å². The molecule has 0 aliphatic heterocycles. The van der Waals surface area contributed by atoms with E-state index in [-0.39, 0.29) is 5.56 Å². The zero-order valence-corrected chi connectivity index (χ0v) is 15.1. The van der Waals surface area contributed by atoms with Gasteiger partial charge in [0.1, 0.15) is 22.8 Å². The highest BCUT2D eigenvalue weighted by atomic mass is 16.5. The topological polar surface area (TPSA) is 83.1 Å².